The SMILES string of the molecule is CSc1ccc(S(=O)(=O)N(CC(=O)Nc2ccc(Cl)c(Cl)c2)c2cccc(F)c2)cc1. The molecule has 10 heteroatoms. The number of rotatable bonds is 7. The molecule has 0 bridgehead atoms. The number of carbonyl (C=O) groups is 1. The van der Waals surface area contributed by atoms with Crippen LogP contribution >= 0.6 is 35.0 Å². The Kier molecular flexibility index (Phi) is 7.48. The first kappa shape index (κ1) is 23.4. The Morgan fingerprint density at radius 1 is 1.03 bits per heavy atom. The van der Waals surface area contributed by atoms with Crippen LogP contribution in [0.15, 0.2) is 76.5 Å². The lowest BCUT2D eigenvalue weighted by molar-refractivity contribution is -0.114. The highest BCUT2D eigenvalue weighted by atomic mass is 35.5. The van der Waals surface area contributed by atoms with Crippen LogP contribution in [0.1, 0.15) is 0 Å². The minimum absolute atomic E-state index is 0.0168. The molecule has 3 aromatic carbocycles. The molecule has 0 spiro atoms. The second-order valence-electron chi connectivity index (χ2n) is 6.34. The van der Waals surface area contributed by atoms with Crippen LogP contribution in [0.3, 0.4) is 0 Å². The minimum Gasteiger partial charge on any atom is -0.324 e. The van der Waals surface area contributed by atoms with Gasteiger partial charge in [-0.05, 0) is 66.9 Å². The number of benzene rings is 3. The lowest BCUT2D eigenvalue weighted by Gasteiger charge is -2.24. The first-order chi connectivity index (χ1) is 14.7. The Balaban J connectivity index is 1.94. The van der Waals surface area contributed by atoms with Gasteiger partial charge in [0.25, 0.3) is 10.0 Å². The van der Waals surface area contributed by atoms with Crippen molar-refractivity contribution in [2.75, 3.05) is 22.4 Å². The zero-order valence-corrected chi connectivity index (χ0v) is 19.3. The van der Waals surface area contributed by atoms with Crippen LogP contribution in [0.25, 0.3) is 0 Å². The van der Waals surface area contributed by atoms with Crippen LogP contribution in [-0.2, 0) is 14.8 Å². The van der Waals surface area contributed by atoms with E-state index in [1.54, 1.807) is 12.1 Å². The van der Waals surface area contributed by atoms with Gasteiger partial charge in [0, 0.05) is 10.6 Å². The summed E-state index contributed by atoms with van der Waals surface area (Å²) < 4.78 is 41.3. The van der Waals surface area contributed by atoms with Crippen LogP contribution in [0, 0.1) is 5.82 Å². The highest BCUT2D eigenvalue weighted by Crippen LogP contribution is 2.27. The molecular formula is C21H17Cl2FN2O3S2. The zero-order valence-electron chi connectivity index (χ0n) is 16.2. The Hall–Kier alpha value is -2.26. The summed E-state index contributed by atoms with van der Waals surface area (Å²) in [5.74, 6) is -1.26. The predicted octanol–water partition coefficient (Wildman–Crippen LogP) is 5.69. The van der Waals surface area contributed by atoms with Gasteiger partial charge in [-0.25, -0.2) is 12.8 Å². The first-order valence-corrected chi connectivity index (χ1v) is 12.3. The number of hydrogen-bond donors (Lipinski definition) is 1. The molecule has 0 aliphatic heterocycles. The minimum atomic E-state index is -4.15. The van der Waals surface area contributed by atoms with E-state index in [9.17, 15) is 17.6 Å². The third kappa shape index (κ3) is 5.71. The molecule has 3 aromatic rings. The molecule has 162 valence electrons. The van der Waals surface area contributed by atoms with E-state index in [1.165, 1.54) is 60.3 Å². The monoisotopic (exact) mass is 498 g/mol. The molecular weight excluding hydrogens is 482 g/mol. The van der Waals surface area contributed by atoms with Crippen LogP contribution in [-0.4, -0.2) is 27.1 Å². The maximum Gasteiger partial charge on any atom is 0.264 e. The van der Waals surface area contributed by atoms with Crippen molar-refractivity contribution in [2.45, 2.75) is 9.79 Å². The number of hydrogen-bond acceptors (Lipinski definition) is 4. The lowest BCUT2D eigenvalue weighted by Crippen LogP contribution is -2.38. The van der Waals surface area contributed by atoms with E-state index in [1.807, 2.05) is 6.26 Å². The first-order valence-electron chi connectivity index (χ1n) is 8.88. The molecule has 31 heavy (non-hydrogen) atoms. The van der Waals surface area contributed by atoms with Gasteiger partial charge in [0.1, 0.15) is 12.4 Å². The highest BCUT2D eigenvalue weighted by molar-refractivity contribution is 7.98. The van der Waals surface area contributed by atoms with Gasteiger partial charge in [-0.1, -0.05) is 29.3 Å². The van der Waals surface area contributed by atoms with E-state index >= 15 is 0 Å². The molecule has 0 atom stereocenters. The number of thioether (sulfide) groups is 1. The topological polar surface area (TPSA) is 66.5 Å². The molecule has 5 nitrogen and oxygen atoms in total. The van der Waals surface area contributed by atoms with Gasteiger partial charge < -0.3 is 5.32 Å². The maximum absolute atomic E-state index is 13.8. The molecule has 1 N–H and O–H groups in total. The van der Waals surface area contributed by atoms with Crippen molar-refractivity contribution in [3.8, 4) is 0 Å². The second-order valence-corrected chi connectivity index (χ2v) is 9.90. The van der Waals surface area contributed by atoms with Crippen molar-refractivity contribution in [2.24, 2.45) is 0 Å². The van der Waals surface area contributed by atoms with Crippen LogP contribution < -0.4 is 9.62 Å². The van der Waals surface area contributed by atoms with Gasteiger partial charge in [0.2, 0.25) is 5.91 Å². The average molecular weight is 499 g/mol. The molecule has 3 rings (SSSR count). The van der Waals surface area contributed by atoms with E-state index in [4.69, 9.17) is 23.2 Å². The van der Waals surface area contributed by atoms with E-state index < -0.39 is 28.3 Å². The number of anilines is 2. The normalized spacial score (nSPS) is 11.2. The van der Waals surface area contributed by atoms with Crippen LogP contribution in [0.2, 0.25) is 10.0 Å². The number of halogens is 3. The zero-order chi connectivity index (χ0) is 22.6. The average Bonchev–Trinajstić information content (AvgIpc) is 2.74. The fraction of sp³-hybridized carbons (Fsp3) is 0.0952. The standard InChI is InChI=1S/C21H17Cl2FN2O3S2/c1-30-17-6-8-18(9-7-17)31(28,29)26(16-4-2-3-14(24)11-16)13-21(27)25-15-5-10-19(22)20(23)12-15/h2-12H,13H2,1H3,(H,25,27). The van der Waals surface area contributed by atoms with E-state index in [0.717, 1.165) is 15.3 Å². The molecule has 0 heterocycles. The van der Waals surface area contributed by atoms with E-state index in [-0.39, 0.29) is 15.6 Å². The molecule has 0 radical (unpaired) electrons. The molecule has 1 amide bonds. The van der Waals surface area contributed by atoms with Gasteiger partial charge in [-0.3, -0.25) is 9.10 Å². The molecule has 0 unspecified atom stereocenters. The Morgan fingerprint density at radius 2 is 1.74 bits per heavy atom. The third-order valence-electron chi connectivity index (χ3n) is 4.23. The fourth-order valence-corrected chi connectivity index (χ4v) is 4.85. The van der Waals surface area contributed by atoms with Crippen molar-refractivity contribution in [1.29, 1.82) is 0 Å². The van der Waals surface area contributed by atoms with Gasteiger partial charge >= 0.3 is 0 Å². The number of nitrogens with one attached hydrogen (secondary N) is 1. The molecule has 0 saturated carbocycles. The maximum atomic E-state index is 13.8. The van der Waals surface area contributed by atoms with Gasteiger partial charge in [0.15, 0.2) is 0 Å². The lowest BCUT2D eigenvalue weighted by atomic mass is 10.3. The number of sulfonamides is 1. The van der Waals surface area contributed by atoms with Crippen molar-refractivity contribution in [3.63, 3.8) is 0 Å². The number of amides is 1. The molecule has 0 aromatic heterocycles. The molecule has 0 aliphatic carbocycles. The Morgan fingerprint density at radius 3 is 2.35 bits per heavy atom. The van der Waals surface area contributed by atoms with Crippen LogP contribution in [0.5, 0.6) is 0 Å². The number of carbonyl (C=O) groups excluding carboxylic acids is 1. The summed E-state index contributed by atoms with van der Waals surface area (Å²) in [7, 11) is -4.15. The quantitative estimate of drug-likeness (QED) is 0.425. The smallest absolute Gasteiger partial charge is 0.264 e. The summed E-state index contributed by atoms with van der Waals surface area (Å²) >= 11 is 13.3. The predicted molar refractivity (Wildman–Crippen MR) is 124 cm³/mol. The van der Waals surface area contributed by atoms with Crippen molar-refractivity contribution in [1.82, 2.24) is 0 Å². The third-order valence-corrected chi connectivity index (χ3v) is 7.50. The van der Waals surface area contributed by atoms with Crippen molar-refractivity contribution >= 4 is 62.3 Å². The fourth-order valence-electron chi connectivity index (χ4n) is 2.73. The summed E-state index contributed by atoms with van der Waals surface area (Å²) in [6.45, 7) is -0.573. The Bertz CT molecular complexity index is 1210. The largest absolute Gasteiger partial charge is 0.324 e. The summed E-state index contributed by atoms with van der Waals surface area (Å²) in [6, 6.07) is 15.8. The second kappa shape index (κ2) is 9.91. The summed E-state index contributed by atoms with van der Waals surface area (Å²) in [6.07, 6.45) is 1.87. The highest BCUT2D eigenvalue weighted by Gasteiger charge is 2.27. The van der Waals surface area contributed by atoms with E-state index in [2.05, 4.69) is 5.32 Å². The molecule has 0 saturated heterocycles. The van der Waals surface area contributed by atoms with Gasteiger partial charge in [-0.2, -0.15) is 0 Å². The number of nitrogens with zero attached hydrogens (tertiary/aromatic N) is 1. The van der Waals surface area contributed by atoms with Gasteiger partial charge in [-0.15, -0.1) is 11.8 Å². The summed E-state index contributed by atoms with van der Waals surface area (Å²) in [5, 5.41) is 3.14. The van der Waals surface area contributed by atoms with Gasteiger partial charge in [0.05, 0.1) is 20.6 Å². The summed E-state index contributed by atoms with van der Waals surface area (Å²) in [5.41, 5.74) is 0.374. The van der Waals surface area contributed by atoms with Crippen LogP contribution in [0.4, 0.5) is 15.8 Å². The summed E-state index contributed by atoms with van der Waals surface area (Å²) in [4.78, 5) is 13.5. The van der Waals surface area contributed by atoms with E-state index in [0.29, 0.717) is 10.7 Å². The van der Waals surface area contributed by atoms with Crippen molar-refractivity contribution < 1.29 is 17.6 Å². The molecule has 0 fully saturated rings. The Labute approximate surface area is 194 Å². The van der Waals surface area contributed by atoms with Crippen molar-refractivity contribution in [3.05, 3.63) is 82.6 Å². The molecule has 0 aliphatic rings.